The molecule has 2 atom stereocenters. The molecule has 0 saturated heterocycles. The predicted octanol–water partition coefficient (Wildman–Crippen LogP) is 5.63. The van der Waals surface area contributed by atoms with Crippen LogP contribution in [0.2, 0.25) is 0 Å². The zero-order valence-electron chi connectivity index (χ0n) is 12.4. The van der Waals surface area contributed by atoms with Gasteiger partial charge in [-0.1, -0.05) is 34.1 Å². The first-order valence-corrected chi connectivity index (χ1v) is 8.45. The van der Waals surface area contributed by atoms with Crippen LogP contribution < -0.4 is 10.1 Å². The summed E-state index contributed by atoms with van der Waals surface area (Å²) in [6.07, 6.45) is 0. The fraction of sp³-hybridized carbons (Fsp3) is 0.294. The van der Waals surface area contributed by atoms with Gasteiger partial charge in [-0.3, -0.25) is 0 Å². The second-order valence-electron chi connectivity index (χ2n) is 5.06. The zero-order valence-corrected chi connectivity index (χ0v) is 15.5. The molecule has 0 amide bonds. The van der Waals surface area contributed by atoms with Gasteiger partial charge in [-0.2, -0.15) is 0 Å². The normalized spacial score (nSPS) is 13.8. The van der Waals surface area contributed by atoms with E-state index in [2.05, 4.69) is 87.4 Å². The molecule has 0 aliphatic carbocycles. The maximum atomic E-state index is 5.27. The van der Waals surface area contributed by atoms with Crippen LogP contribution in [0.4, 0.5) is 0 Å². The van der Waals surface area contributed by atoms with Crippen LogP contribution in [0.3, 0.4) is 0 Å². The van der Waals surface area contributed by atoms with Crippen molar-refractivity contribution < 1.29 is 4.74 Å². The minimum Gasteiger partial charge on any atom is -0.496 e. The van der Waals surface area contributed by atoms with Gasteiger partial charge in [0.15, 0.2) is 0 Å². The highest BCUT2D eigenvalue weighted by Gasteiger charge is 2.12. The summed E-state index contributed by atoms with van der Waals surface area (Å²) in [4.78, 5) is 0. The van der Waals surface area contributed by atoms with Crippen molar-refractivity contribution in [3.8, 4) is 5.75 Å². The first-order chi connectivity index (χ1) is 10.0. The first kappa shape index (κ1) is 16.5. The third-order valence-electron chi connectivity index (χ3n) is 3.55. The first-order valence-electron chi connectivity index (χ1n) is 6.86. The van der Waals surface area contributed by atoms with Gasteiger partial charge in [0, 0.05) is 16.6 Å². The fourth-order valence-electron chi connectivity index (χ4n) is 2.27. The van der Waals surface area contributed by atoms with E-state index in [9.17, 15) is 0 Å². The number of rotatable bonds is 5. The Morgan fingerprint density at radius 1 is 0.905 bits per heavy atom. The zero-order chi connectivity index (χ0) is 15.4. The van der Waals surface area contributed by atoms with Crippen molar-refractivity contribution in [1.82, 2.24) is 5.32 Å². The molecule has 2 aromatic rings. The lowest BCUT2D eigenvalue weighted by atomic mass is 10.0. The maximum absolute atomic E-state index is 5.27. The Morgan fingerprint density at radius 2 is 1.48 bits per heavy atom. The molecule has 0 heterocycles. The highest BCUT2D eigenvalue weighted by molar-refractivity contribution is 9.10. The standard InChI is InChI=1S/C17H19Br2NO/c1-11(13-4-7-15(18)8-5-13)20-12(2)14-6-9-17(21-3)16(19)10-14/h4-12,20H,1-3H3. The minimum atomic E-state index is 0.255. The Hall–Kier alpha value is -0.840. The predicted molar refractivity (Wildman–Crippen MR) is 94.8 cm³/mol. The molecule has 2 unspecified atom stereocenters. The number of benzene rings is 2. The summed E-state index contributed by atoms with van der Waals surface area (Å²) < 4.78 is 7.35. The molecule has 0 aliphatic rings. The second kappa shape index (κ2) is 7.43. The van der Waals surface area contributed by atoms with E-state index in [-0.39, 0.29) is 12.1 Å². The molecular weight excluding hydrogens is 394 g/mol. The summed E-state index contributed by atoms with van der Waals surface area (Å²) in [5.74, 6) is 0.854. The van der Waals surface area contributed by atoms with Crippen molar-refractivity contribution >= 4 is 31.9 Å². The highest BCUT2D eigenvalue weighted by Crippen LogP contribution is 2.29. The Kier molecular flexibility index (Phi) is 5.85. The summed E-state index contributed by atoms with van der Waals surface area (Å²) >= 11 is 7.00. The van der Waals surface area contributed by atoms with Crippen molar-refractivity contribution in [3.05, 3.63) is 62.5 Å². The smallest absolute Gasteiger partial charge is 0.133 e. The average Bonchev–Trinajstić information content (AvgIpc) is 2.47. The van der Waals surface area contributed by atoms with E-state index >= 15 is 0 Å². The molecule has 0 fully saturated rings. The molecule has 2 rings (SSSR count). The number of nitrogens with one attached hydrogen (secondary N) is 1. The third kappa shape index (κ3) is 4.31. The van der Waals surface area contributed by atoms with Crippen molar-refractivity contribution in [3.63, 3.8) is 0 Å². The Labute approximate surface area is 143 Å². The largest absolute Gasteiger partial charge is 0.496 e. The third-order valence-corrected chi connectivity index (χ3v) is 4.69. The van der Waals surface area contributed by atoms with Gasteiger partial charge in [-0.15, -0.1) is 0 Å². The summed E-state index contributed by atoms with van der Waals surface area (Å²) in [7, 11) is 1.68. The SMILES string of the molecule is COc1ccc(C(C)NC(C)c2ccc(Br)cc2)cc1Br. The van der Waals surface area contributed by atoms with Crippen LogP contribution in [-0.4, -0.2) is 7.11 Å². The van der Waals surface area contributed by atoms with E-state index in [0.29, 0.717) is 0 Å². The molecule has 2 nitrogen and oxygen atoms in total. The molecule has 0 aliphatic heterocycles. The van der Waals surface area contributed by atoms with Gasteiger partial charge in [-0.25, -0.2) is 0 Å². The summed E-state index contributed by atoms with van der Waals surface area (Å²) in [6.45, 7) is 4.35. The molecule has 0 radical (unpaired) electrons. The Bertz CT molecular complexity index is 598. The van der Waals surface area contributed by atoms with Crippen LogP contribution in [0.25, 0.3) is 0 Å². The van der Waals surface area contributed by atoms with Gasteiger partial charge in [0.05, 0.1) is 11.6 Å². The van der Waals surface area contributed by atoms with Gasteiger partial charge in [-0.05, 0) is 65.2 Å². The van der Waals surface area contributed by atoms with Gasteiger partial charge in [0.1, 0.15) is 5.75 Å². The topological polar surface area (TPSA) is 21.3 Å². The van der Waals surface area contributed by atoms with Crippen LogP contribution in [0.1, 0.15) is 37.1 Å². The number of methoxy groups -OCH3 is 1. The lowest BCUT2D eigenvalue weighted by Gasteiger charge is -2.21. The van der Waals surface area contributed by atoms with Gasteiger partial charge in [0.2, 0.25) is 0 Å². The highest BCUT2D eigenvalue weighted by atomic mass is 79.9. The molecule has 112 valence electrons. The van der Waals surface area contributed by atoms with Crippen LogP contribution in [0.5, 0.6) is 5.75 Å². The molecule has 0 bridgehead atoms. The molecule has 0 aromatic heterocycles. The maximum Gasteiger partial charge on any atom is 0.133 e. The number of hydrogen-bond donors (Lipinski definition) is 1. The van der Waals surface area contributed by atoms with Crippen molar-refractivity contribution in [1.29, 1.82) is 0 Å². The summed E-state index contributed by atoms with van der Waals surface area (Å²) in [5.41, 5.74) is 2.50. The number of ether oxygens (including phenoxy) is 1. The minimum absolute atomic E-state index is 0.255. The number of hydrogen-bond acceptors (Lipinski definition) is 2. The monoisotopic (exact) mass is 411 g/mol. The molecular formula is C17H19Br2NO. The molecule has 21 heavy (non-hydrogen) atoms. The number of halogens is 2. The fourth-order valence-corrected chi connectivity index (χ4v) is 3.09. The van der Waals surface area contributed by atoms with Crippen molar-refractivity contribution in [2.75, 3.05) is 7.11 Å². The Balaban J connectivity index is 2.08. The van der Waals surface area contributed by atoms with Gasteiger partial charge < -0.3 is 10.1 Å². The van der Waals surface area contributed by atoms with Gasteiger partial charge >= 0.3 is 0 Å². The van der Waals surface area contributed by atoms with E-state index in [0.717, 1.165) is 14.7 Å². The molecule has 2 aromatic carbocycles. The average molecular weight is 413 g/mol. The lowest BCUT2D eigenvalue weighted by molar-refractivity contribution is 0.411. The van der Waals surface area contributed by atoms with E-state index in [1.54, 1.807) is 7.11 Å². The quantitative estimate of drug-likeness (QED) is 0.686. The molecule has 1 N–H and O–H groups in total. The molecule has 0 spiro atoms. The van der Waals surface area contributed by atoms with E-state index in [4.69, 9.17) is 4.74 Å². The van der Waals surface area contributed by atoms with Crippen LogP contribution >= 0.6 is 31.9 Å². The van der Waals surface area contributed by atoms with Crippen LogP contribution in [0.15, 0.2) is 51.4 Å². The molecule has 0 saturated carbocycles. The lowest BCUT2D eigenvalue weighted by Crippen LogP contribution is -2.22. The van der Waals surface area contributed by atoms with E-state index in [1.165, 1.54) is 11.1 Å². The summed E-state index contributed by atoms with van der Waals surface area (Å²) in [6, 6.07) is 15.1. The molecule has 4 heteroatoms. The van der Waals surface area contributed by atoms with Crippen molar-refractivity contribution in [2.45, 2.75) is 25.9 Å². The van der Waals surface area contributed by atoms with Crippen LogP contribution in [0, 0.1) is 0 Å². The second-order valence-corrected chi connectivity index (χ2v) is 6.83. The van der Waals surface area contributed by atoms with E-state index in [1.807, 2.05) is 6.07 Å². The van der Waals surface area contributed by atoms with Crippen molar-refractivity contribution in [2.24, 2.45) is 0 Å². The Morgan fingerprint density at radius 3 is 2.05 bits per heavy atom. The van der Waals surface area contributed by atoms with Crippen LogP contribution in [-0.2, 0) is 0 Å². The van der Waals surface area contributed by atoms with E-state index < -0.39 is 0 Å². The summed E-state index contributed by atoms with van der Waals surface area (Å²) in [5, 5.41) is 3.62. The van der Waals surface area contributed by atoms with Gasteiger partial charge in [0.25, 0.3) is 0 Å².